The molecule has 2 heterocycles. The molecule has 1 N–H and O–H groups in total. The van der Waals surface area contributed by atoms with Crippen LogP contribution in [0, 0.1) is 20.8 Å². The summed E-state index contributed by atoms with van der Waals surface area (Å²) < 4.78 is 1.34. The van der Waals surface area contributed by atoms with Crippen molar-refractivity contribution >= 4 is 44.7 Å². The molecule has 0 unspecified atom stereocenters. The van der Waals surface area contributed by atoms with E-state index < -0.39 is 0 Å². The molecule has 2 aromatic heterocycles. The van der Waals surface area contributed by atoms with Crippen molar-refractivity contribution in [3.63, 3.8) is 0 Å². The van der Waals surface area contributed by atoms with E-state index in [-0.39, 0.29) is 18.0 Å². The highest BCUT2D eigenvalue weighted by molar-refractivity contribution is 7.18. The van der Waals surface area contributed by atoms with Crippen LogP contribution in [0.15, 0.2) is 29.3 Å². The summed E-state index contributed by atoms with van der Waals surface area (Å²) in [5.74, 6) is -0.284. The van der Waals surface area contributed by atoms with E-state index >= 15 is 0 Å². The van der Waals surface area contributed by atoms with Crippen LogP contribution in [0.3, 0.4) is 0 Å². The number of thiophene rings is 1. The largest absolute Gasteiger partial charge is 0.324 e. The maximum Gasteiger partial charge on any atom is 0.262 e. The number of carbonyl (C=O) groups excluding carboxylic acids is 1. The number of amides is 1. The Labute approximate surface area is 147 Å². The average Bonchev–Trinajstić information content (AvgIpc) is 2.81. The molecule has 0 saturated heterocycles. The van der Waals surface area contributed by atoms with Gasteiger partial charge in [-0.3, -0.25) is 14.2 Å². The first-order chi connectivity index (χ1) is 11.4. The van der Waals surface area contributed by atoms with Crippen LogP contribution in [-0.4, -0.2) is 15.5 Å². The lowest BCUT2D eigenvalue weighted by Gasteiger charge is -2.10. The lowest BCUT2D eigenvalue weighted by atomic mass is 10.2. The Bertz CT molecular complexity index is 1010. The molecule has 24 heavy (non-hydrogen) atoms. The number of aryl methyl sites for hydroxylation is 3. The number of rotatable bonds is 3. The molecule has 0 aliphatic carbocycles. The van der Waals surface area contributed by atoms with Gasteiger partial charge in [-0.05, 0) is 50.1 Å². The van der Waals surface area contributed by atoms with Gasteiger partial charge in [0.25, 0.3) is 5.56 Å². The van der Waals surface area contributed by atoms with Crippen molar-refractivity contribution in [2.75, 3.05) is 5.32 Å². The van der Waals surface area contributed by atoms with Crippen molar-refractivity contribution in [3.05, 3.63) is 55.9 Å². The van der Waals surface area contributed by atoms with Gasteiger partial charge in [-0.1, -0.05) is 11.6 Å². The average molecular weight is 362 g/mol. The fourth-order valence-electron chi connectivity index (χ4n) is 2.49. The number of hydrogen-bond donors (Lipinski definition) is 1. The Morgan fingerprint density at radius 3 is 2.79 bits per heavy atom. The highest BCUT2D eigenvalue weighted by Gasteiger charge is 2.14. The van der Waals surface area contributed by atoms with E-state index in [1.807, 2.05) is 20.8 Å². The SMILES string of the molecule is Cc1cc(Cl)ccc1NC(=O)Cn1cnc2sc(C)c(C)c2c1=O. The first-order valence-electron chi connectivity index (χ1n) is 7.38. The second-order valence-electron chi connectivity index (χ2n) is 5.65. The van der Waals surface area contributed by atoms with Gasteiger partial charge in [-0.15, -0.1) is 11.3 Å². The standard InChI is InChI=1S/C17H16ClN3O2S/c1-9-6-12(18)4-5-13(9)20-14(22)7-21-8-19-16-15(17(21)23)10(2)11(3)24-16/h4-6,8H,7H2,1-3H3,(H,20,22). The zero-order chi connectivity index (χ0) is 17.4. The minimum atomic E-state index is -0.284. The molecule has 124 valence electrons. The lowest BCUT2D eigenvalue weighted by molar-refractivity contribution is -0.116. The minimum Gasteiger partial charge on any atom is -0.324 e. The van der Waals surface area contributed by atoms with Crippen LogP contribution in [0.1, 0.15) is 16.0 Å². The third-order valence-electron chi connectivity index (χ3n) is 3.93. The number of hydrogen-bond acceptors (Lipinski definition) is 4. The molecule has 0 bridgehead atoms. The monoisotopic (exact) mass is 361 g/mol. The summed E-state index contributed by atoms with van der Waals surface area (Å²) in [7, 11) is 0. The Hall–Kier alpha value is -2.18. The van der Waals surface area contributed by atoms with Gasteiger partial charge < -0.3 is 5.32 Å². The first-order valence-corrected chi connectivity index (χ1v) is 8.57. The molecular weight excluding hydrogens is 346 g/mol. The van der Waals surface area contributed by atoms with Gasteiger partial charge in [0.05, 0.1) is 11.7 Å². The molecule has 0 spiro atoms. The summed E-state index contributed by atoms with van der Waals surface area (Å²) >= 11 is 7.40. The van der Waals surface area contributed by atoms with E-state index in [1.165, 1.54) is 22.2 Å². The third-order valence-corrected chi connectivity index (χ3v) is 5.28. The van der Waals surface area contributed by atoms with Crippen LogP contribution in [-0.2, 0) is 11.3 Å². The molecule has 0 atom stereocenters. The molecule has 1 amide bonds. The Kier molecular flexibility index (Phi) is 4.43. The van der Waals surface area contributed by atoms with E-state index in [9.17, 15) is 9.59 Å². The van der Waals surface area contributed by atoms with Crippen molar-refractivity contribution in [1.29, 1.82) is 0 Å². The summed E-state index contributed by atoms with van der Waals surface area (Å²) in [5, 5.41) is 4.00. The molecule has 0 radical (unpaired) electrons. The number of halogens is 1. The summed E-state index contributed by atoms with van der Waals surface area (Å²) in [6.07, 6.45) is 1.42. The molecule has 1 aromatic carbocycles. The van der Waals surface area contributed by atoms with Gasteiger partial charge in [-0.25, -0.2) is 4.98 Å². The van der Waals surface area contributed by atoms with Crippen molar-refractivity contribution in [1.82, 2.24) is 9.55 Å². The predicted octanol–water partition coefficient (Wildman–Crippen LogP) is 3.68. The Morgan fingerprint density at radius 1 is 1.33 bits per heavy atom. The number of nitrogens with zero attached hydrogens (tertiary/aromatic N) is 2. The van der Waals surface area contributed by atoms with Crippen molar-refractivity contribution in [3.8, 4) is 0 Å². The molecule has 3 rings (SSSR count). The number of nitrogens with one attached hydrogen (secondary N) is 1. The number of aromatic nitrogens is 2. The molecule has 0 fully saturated rings. The Balaban J connectivity index is 1.87. The summed E-state index contributed by atoms with van der Waals surface area (Å²) in [6.45, 7) is 5.64. The van der Waals surface area contributed by atoms with Gasteiger partial charge in [-0.2, -0.15) is 0 Å². The molecule has 0 aliphatic heterocycles. The molecule has 0 aliphatic rings. The van der Waals surface area contributed by atoms with Gasteiger partial charge in [0.2, 0.25) is 5.91 Å². The topological polar surface area (TPSA) is 64.0 Å². The zero-order valence-corrected chi connectivity index (χ0v) is 15.1. The van der Waals surface area contributed by atoms with Crippen LogP contribution in [0.5, 0.6) is 0 Å². The normalized spacial score (nSPS) is 11.0. The smallest absolute Gasteiger partial charge is 0.262 e. The second-order valence-corrected chi connectivity index (χ2v) is 7.29. The molecule has 7 heteroatoms. The van der Waals surface area contributed by atoms with Crippen molar-refractivity contribution < 1.29 is 4.79 Å². The lowest BCUT2D eigenvalue weighted by Crippen LogP contribution is -2.28. The minimum absolute atomic E-state index is 0.0851. The van der Waals surface area contributed by atoms with E-state index in [1.54, 1.807) is 18.2 Å². The Morgan fingerprint density at radius 2 is 2.08 bits per heavy atom. The van der Waals surface area contributed by atoms with Crippen LogP contribution in [0.2, 0.25) is 5.02 Å². The second kappa shape index (κ2) is 6.37. The van der Waals surface area contributed by atoms with Crippen molar-refractivity contribution in [2.24, 2.45) is 0 Å². The number of carbonyl (C=O) groups is 1. The zero-order valence-electron chi connectivity index (χ0n) is 13.5. The fraction of sp³-hybridized carbons (Fsp3) is 0.235. The molecule has 0 saturated carbocycles. The maximum absolute atomic E-state index is 12.6. The van der Waals surface area contributed by atoms with Gasteiger partial charge >= 0.3 is 0 Å². The highest BCUT2D eigenvalue weighted by Crippen LogP contribution is 2.25. The van der Waals surface area contributed by atoms with Crippen LogP contribution >= 0.6 is 22.9 Å². The van der Waals surface area contributed by atoms with E-state index in [0.717, 1.165) is 16.0 Å². The summed E-state index contributed by atoms with van der Waals surface area (Å²) in [6, 6.07) is 5.22. The molecule has 5 nitrogen and oxygen atoms in total. The van der Waals surface area contributed by atoms with Gasteiger partial charge in [0, 0.05) is 15.6 Å². The summed E-state index contributed by atoms with van der Waals surface area (Å²) in [4.78, 5) is 30.9. The van der Waals surface area contributed by atoms with E-state index in [4.69, 9.17) is 11.6 Å². The number of benzene rings is 1. The van der Waals surface area contributed by atoms with Crippen LogP contribution in [0.25, 0.3) is 10.2 Å². The number of fused-ring (bicyclic) bond motifs is 1. The van der Waals surface area contributed by atoms with E-state index in [0.29, 0.717) is 20.9 Å². The van der Waals surface area contributed by atoms with Gasteiger partial charge in [0.1, 0.15) is 11.4 Å². The highest BCUT2D eigenvalue weighted by atomic mass is 35.5. The van der Waals surface area contributed by atoms with Gasteiger partial charge in [0.15, 0.2) is 0 Å². The van der Waals surface area contributed by atoms with Crippen molar-refractivity contribution in [2.45, 2.75) is 27.3 Å². The molecular formula is C17H16ClN3O2S. The van der Waals surface area contributed by atoms with E-state index in [2.05, 4.69) is 10.3 Å². The maximum atomic E-state index is 12.6. The fourth-order valence-corrected chi connectivity index (χ4v) is 3.71. The number of anilines is 1. The third kappa shape index (κ3) is 3.07. The van der Waals surface area contributed by atoms with Crippen LogP contribution < -0.4 is 10.9 Å². The predicted molar refractivity (Wildman–Crippen MR) is 98.2 cm³/mol. The first kappa shape index (κ1) is 16.7. The quantitative estimate of drug-likeness (QED) is 0.774. The van der Waals surface area contributed by atoms with Crippen LogP contribution in [0.4, 0.5) is 5.69 Å². The molecule has 3 aromatic rings. The summed E-state index contributed by atoms with van der Waals surface area (Å²) in [5.41, 5.74) is 2.27.